The number of aromatic hydroxyl groups is 1. The Morgan fingerprint density at radius 1 is 1.22 bits per heavy atom. The number of phenolic OH excluding ortho intramolecular Hbond substituents is 1. The second-order valence-electron chi connectivity index (χ2n) is 10.9. The van der Waals surface area contributed by atoms with E-state index in [1.807, 2.05) is 13.1 Å². The van der Waals surface area contributed by atoms with Crippen LogP contribution in [0.15, 0.2) is 30.3 Å². The molecule has 1 spiro atoms. The molecule has 2 heterocycles. The fraction of sp³-hybridized carbons (Fsp3) is 0.500. The van der Waals surface area contributed by atoms with Gasteiger partial charge in [0.2, 0.25) is 5.91 Å². The van der Waals surface area contributed by atoms with Gasteiger partial charge in [-0.25, -0.2) is 0 Å². The minimum atomic E-state index is -0.799. The summed E-state index contributed by atoms with van der Waals surface area (Å²) in [4.78, 5) is 30.2. The molecule has 2 aromatic carbocycles. The zero-order valence-electron chi connectivity index (χ0n) is 21.1. The summed E-state index contributed by atoms with van der Waals surface area (Å²) in [5.74, 6) is 0.168. The van der Waals surface area contributed by atoms with E-state index in [9.17, 15) is 14.7 Å². The van der Waals surface area contributed by atoms with Crippen LogP contribution in [-0.4, -0.2) is 71.2 Å². The van der Waals surface area contributed by atoms with Gasteiger partial charge in [0.15, 0.2) is 11.5 Å². The Labute approximate surface area is 226 Å². The van der Waals surface area contributed by atoms with Crippen LogP contribution in [0.5, 0.6) is 11.5 Å². The summed E-state index contributed by atoms with van der Waals surface area (Å²) in [6.45, 7) is 2.26. The number of phenols is 1. The summed E-state index contributed by atoms with van der Waals surface area (Å²) >= 11 is 12.2. The third-order valence-electron chi connectivity index (χ3n) is 9.21. The van der Waals surface area contributed by atoms with Crippen molar-refractivity contribution in [3.63, 3.8) is 0 Å². The third-order valence-corrected chi connectivity index (χ3v) is 9.95. The number of ether oxygens (including phenoxy) is 2. The molecule has 2 fully saturated rings. The third kappa shape index (κ3) is 3.36. The predicted molar refractivity (Wildman–Crippen MR) is 139 cm³/mol. The Morgan fingerprint density at radius 2 is 2.00 bits per heavy atom. The first-order valence-corrected chi connectivity index (χ1v) is 13.5. The monoisotopic (exact) mass is 544 g/mol. The highest BCUT2D eigenvalue weighted by atomic mass is 35.5. The van der Waals surface area contributed by atoms with Gasteiger partial charge in [-0.1, -0.05) is 35.3 Å². The molecule has 2 aliphatic heterocycles. The molecule has 0 aromatic heterocycles. The van der Waals surface area contributed by atoms with Crippen molar-refractivity contribution in [1.29, 1.82) is 0 Å². The predicted octanol–water partition coefficient (Wildman–Crippen LogP) is 4.12. The number of likely N-dealkylation sites (tertiary alicyclic amines) is 1. The summed E-state index contributed by atoms with van der Waals surface area (Å²) in [5.41, 5.74) is 1.39. The quantitative estimate of drug-likeness (QED) is 0.583. The smallest absolute Gasteiger partial charge is 0.303 e. The molecule has 1 amide bonds. The van der Waals surface area contributed by atoms with Gasteiger partial charge in [-0.05, 0) is 68.6 Å². The summed E-state index contributed by atoms with van der Waals surface area (Å²) in [5, 5.41) is 11.7. The maximum atomic E-state index is 13.5. The molecule has 2 aromatic rings. The highest BCUT2D eigenvalue weighted by Crippen LogP contribution is 2.66. The van der Waals surface area contributed by atoms with Crippen molar-refractivity contribution >= 4 is 35.1 Å². The van der Waals surface area contributed by atoms with E-state index in [1.54, 1.807) is 29.2 Å². The second kappa shape index (κ2) is 8.52. The van der Waals surface area contributed by atoms with Gasteiger partial charge in [0, 0.05) is 19.5 Å². The fourth-order valence-electron chi connectivity index (χ4n) is 7.69. The average molecular weight is 545 g/mol. The first kappa shape index (κ1) is 24.8. The van der Waals surface area contributed by atoms with Gasteiger partial charge in [0.25, 0.3) is 0 Å². The lowest BCUT2D eigenvalue weighted by Crippen LogP contribution is -2.78. The lowest BCUT2D eigenvalue weighted by atomic mass is 9.48. The summed E-state index contributed by atoms with van der Waals surface area (Å²) < 4.78 is 13.0. The van der Waals surface area contributed by atoms with Crippen LogP contribution in [0.25, 0.3) is 0 Å². The number of esters is 1. The number of rotatable bonds is 4. The number of hydrogen-bond acceptors (Lipinski definition) is 6. The second-order valence-corrected chi connectivity index (χ2v) is 11.7. The van der Waals surface area contributed by atoms with Crippen molar-refractivity contribution in [3.8, 4) is 11.5 Å². The van der Waals surface area contributed by atoms with E-state index in [0.717, 1.165) is 23.2 Å². The van der Waals surface area contributed by atoms with Crippen molar-refractivity contribution in [2.24, 2.45) is 0 Å². The zero-order valence-corrected chi connectivity index (χ0v) is 22.6. The molecule has 0 unspecified atom stereocenters. The number of likely N-dealkylation sites (N-methyl/N-ethyl adjacent to an activating group) is 2. The van der Waals surface area contributed by atoms with Crippen LogP contribution < -0.4 is 4.74 Å². The molecule has 4 aliphatic rings. The lowest BCUT2D eigenvalue weighted by molar-refractivity contribution is -0.221. The number of nitrogens with zero attached hydrogens (tertiary/aromatic N) is 2. The van der Waals surface area contributed by atoms with E-state index < -0.39 is 17.1 Å². The maximum absolute atomic E-state index is 13.5. The minimum Gasteiger partial charge on any atom is -0.504 e. The van der Waals surface area contributed by atoms with E-state index in [1.165, 1.54) is 6.92 Å². The van der Waals surface area contributed by atoms with E-state index in [4.69, 9.17) is 32.7 Å². The average Bonchev–Trinajstić information content (AvgIpc) is 3.20. The number of benzene rings is 2. The molecule has 5 atom stereocenters. The van der Waals surface area contributed by atoms with E-state index in [0.29, 0.717) is 41.5 Å². The lowest BCUT2D eigenvalue weighted by Gasteiger charge is -2.65. The number of halogens is 2. The van der Waals surface area contributed by atoms with E-state index in [-0.39, 0.29) is 36.1 Å². The summed E-state index contributed by atoms with van der Waals surface area (Å²) in [6, 6.07) is 8.59. The Bertz CT molecular complexity index is 1320. The van der Waals surface area contributed by atoms with Gasteiger partial charge in [0.1, 0.15) is 11.7 Å². The molecule has 37 heavy (non-hydrogen) atoms. The number of piperidine rings is 1. The zero-order chi connectivity index (χ0) is 26.3. The van der Waals surface area contributed by atoms with Crippen LogP contribution in [0.3, 0.4) is 0 Å². The molecule has 6 rings (SSSR count). The van der Waals surface area contributed by atoms with Crippen LogP contribution in [0, 0.1) is 0 Å². The normalized spacial score (nSPS) is 31.3. The van der Waals surface area contributed by atoms with Gasteiger partial charge in [-0.3, -0.25) is 14.5 Å². The minimum absolute atomic E-state index is 0.0163. The van der Waals surface area contributed by atoms with Crippen LogP contribution in [0.4, 0.5) is 0 Å². The van der Waals surface area contributed by atoms with Gasteiger partial charge in [-0.15, -0.1) is 0 Å². The van der Waals surface area contributed by atoms with Crippen molar-refractivity contribution in [1.82, 2.24) is 9.80 Å². The topological polar surface area (TPSA) is 79.3 Å². The Morgan fingerprint density at radius 3 is 2.73 bits per heavy atom. The Kier molecular flexibility index (Phi) is 5.72. The van der Waals surface area contributed by atoms with E-state index >= 15 is 0 Å². The molecule has 2 aliphatic carbocycles. The molecular weight excluding hydrogens is 515 g/mol. The number of hydrogen-bond donors (Lipinski definition) is 1. The highest BCUT2D eigenvalue weighted by molar-refractivity contribution is 6.42. The van der Waals surface area contributed by atoms with Crippen LogP contribution in [0.2, 0.25) is 10.0 Å². The van der Waals surface area contributed by atoms with Crippen molar-refractivity contribution in [2.45, 2.75) is 68.2 Å². The Balaban J connectivity index is 1.43. The number of carbonyl (C=O) groups excluding carboxylic acids is 2. The molecule has 0 radical (unpaired) electrons. The van der Waals surface area contributed by atoms with Gasteiger partial charge in [0.05, 0.1) is 34.0 Å². The van der Waals surface area contributed by atoms with Crippen molar-refractivity contribution < 1.29 is 24.2 Å². The largest absolute Gasteiger partial charge is 0.504 e. The highest BCUT2D eigenvalue weighted by Gasteiger charge is 2.75. The summed E-state index contributed by atoms with van der Waals surface area (Å²) in [6.07, 6.45) is 2.34. The van der Waals surface area contributed by atoms with Gasteiger partial charge in [-0.2, -0.15) is 0 Å². The fourth-order valence-corrected chi connectivity index (χ4v) is 8.01. The van der Waals surface area contributed by atoms with E-state index in [2.05, 4.69) is 11.9 Å². The molecule has 2 bridgehead atoms. The first-order chi connectivity index (χ1) is 17.6. The van der Waals surface area contributed by atoms with Crippen molar-refractivity contribution in [3.05, 3.63) is 57.1 Å². The van der Waals surface area contributed by atoms with Crippen molar-refractivity contribution in [2.75, 3.05) is 20.6 Å². The standard InChI is InChI=1S/C28H30Cl2N2O5/c1-15(33)37-28-9-8-20(32(3)23(35)13-16-4-6-18(29)19(30)12-16)26-27(28)10-11-31(2)22(28)14-17-5-7-21(34)25(36-26)24(17)27/h4-7,12,20,22,26,34H,8-11,13-14H2,1-3H3/t20-,22+,26-,27-,28+/m0/s1. The molecular formula is C28H30Cl2N2O5. The molecule has 1 saturated carbocycles. The first-order valence-electron chi connectivity index (χ1n) is 12.7. The molecule has 7 nitrogen and oxygen atoms in total. The van der Waals surface area contributed by atoms with Crippen LogP contribution in [-0.2, 0) is 32.6 Å². The molecule has 1 saturated heterocycles. The van der Waals surface area contributed by atoms with Crippen LogP contribution >= 0.6 is 23.2 Å². The molecule has 9 heteroatoms. The SMILES string of the molecule is CC(=O)O[C@@]12CC[C@H](N(C)C(=O)Cc3ccc(Cl)c(Cl)c3)[C@@H]3Oc4c(O)ccc5c4[C@@]31CCN(C)[C@@H]2C5. The molecule has 196 valence electrons. The number of amides is 1. The van der Waals surface area contributed by atoms with Gasteiger partial charge < -0.3 is 19.5 Å². The summed E-state index contributed by atoms with van der Waals surface area (Å²) in [7, 11) is 3.89. The number of carbonyl (C=O) groups is 2. The van der Waals surface area contributed by atoms with Gasteiger partial charge >= 0.3 is 5.97 Å². The maximum Gasteiger partial charge on any atom is 0.303 e. The Hall–Kier alpha value is -2.48. The van der Waals surface area contributed by atoms with Crippen LogP contribution in [0.1, 0.15) is 42.9 Å². The molecule has 1 N–H and O–H groups in total.